The van der Waals surface area contributed by atoms with Crippen LogP contribution in [0.15, 0.2) is 24.8 Å². The van der Waals surface area contributed by atoms with Crippen molar-refractivity contribution in [2.45, 2.75) is 31.7 Å². The van der Waals surface area contributed by atoms with E-state index in [1.807, 2.05) is 18.6 Å². The zero-order chi connectivity index (χ0) is 16.7. The third-order valence-corrected chi connectivity index (χ3v) is 6.63. The Labute approximate surface area is 140 Å². The quantitative estimate of drug-likeness (QED) is 0.757. The molecule has 1 aliphatic carbocycles. The van der Waals surface area contributed by atoms with Crippen molar-refractivity contribution in [2.75, 3.05) is 12.8 Å². The van der Waals surface area contributed by atoms with Crippen molar-refractivity contribution in [3.8, 4) is 0 Å². The van der Waals surface area contributed by atoms with Crippen LogP contribution in [-0.2, 0) is 10.0 Å². The molecule has 0 atom stereocenters. The molecule has 7 nitrogen and oxygen atoms in total. The van der Waals surface area contributed by atoms with Gasteiger partial charge in [0.1, 0.15) is 11.2 Å². The SMILES string of the molecule is CNS(=O)(=O)C[C@H]1CC[C@H](n2cnc3cnc4[nH]ccc4c32)CC1. The molecule has 8 heteroatoms. The summed E-state index contributed by atoms with van der Waals surface area (Å²) in [5, 5.41) is 1.09. The van der Waals surface area contributed by atoms with Gasteiger partial charge in [-0.25, -0.2) is 23.1 Å². The normalized spacial score (nSPS) is 22.4. The summed E-state index contributed by atoms with van der Waals surface area (Å²) in [6.45, 7) is 0. The Morgan fingerprint density at radius 2 is 2.08 bits per heavy atom. The maximum Gasteiger partial charge on any atom is 0.211 e. The average Bonchev–Trinajstić information content (AvgIpc) is 3.21. The minimum Gasteiger partial charge on any atom is -0.346 e. The first-order chi connectivity index (χ1) is 11.6. The van der Waals surface area contributed by atoms with Gasteiger partial charge in [0, 0.05) is 17.6 Å². The molecular weight excluding hydrogens is 326 g/mol. The average molecular weight is 347 g/mol. The second-order valence-electron chi connectivity index (χ2n) is 6.54. The predicted molar refractivity (Wildman–Crippen MR) is 93.2 cm³/mol. The zero-order valence-corrected chi connectivity index (χ0v) is 14.4. The lowest BCUT2D eigenvalue weighted by atomic mass is 9.87. The molecule has 4 rings (SSSR count). The number of hydrogen-bond donors (Lipinski definition) is 2. The van der Waals surface area contributed by atoms with Gasteiger partial charge >= 0.3 is 0 Å². The first kappa shape index (κ1) is 15.6. The molecule has 3 aromatic rings. The summed E-state index contributed by atoms with van der Waals surface area (Å²) < 4.78 is 28.1. The van der Waals surface area contributed by atoms with Crippen LogP contribution in [0.1, 0.15) is 31.7 Å². The van der Waals surface area contributed by atoms with Crippen LogP contribution in [0.3, 0.4) is 0 Å². The largest absolute Gasteiger partial charge is 0.346 e. The van der Waals surface area contributed by atoms with Crippen LogP contribution in [0.2, 0.25) is 0 Å². The van der Waals surface area contributed by atoms with Crippen LogP contribution >= 0.6 is 0 Å². The van der Waals surface area contributed by atoms with Gasteiger partial charge in [-0.3, -0.25) is 0 Å². The van der Waals surface area contributed by atoms with E-state index in [0.29, 0.717) is 6.04 Å². The van der Waals surface area contributed by atoms with Gasteiger partial charge in [0.05, 0.1) is 23.8 Å². The maximum atomic E-state index is 11.7. The lowest BCUT2D eigenvalue weighted by Gasteiger charge is -2.29. The van der Waals surface area contributed by atoms with E-state index in [9.17, 15) is 8.42 Å². The van der Waals surface area contributed by atoms with Crippen LogP contribution in [0.4, 0.5) is 0 Å². The molecule has 0 aliphatic heterocycles. The zero-order valence-electron chi connectivity index (χ0n) is 13.6. The summed E-state index contributed by atoms with van der Waals surface area (Å²) in [5.41, 5.74) is 2.90. The number of fused-ring (bicyclic) bond motifs is 3. The molecule has 0 spiro atoms. The van der Waals surface area contributed by atoms with Crippen molar-refractivity contribution in [1.29, 1.82) is 0 Å². The topological polar surface area (TPSA) is 92.7 Å². The third kappa shape index (κ3) is 2.69. The van der Waals surface area contributed by atoms with Crippen LogP contribution in [0, 0.1) is 5.92 Å². The van der Waals surface area contributed by atoms with Gasteiger partial charge < -0.3 is 9.55 Å². The van der Waals surface area contributed by atoms with Crippen molar-refractivity contribution in [1.82, 2.24) is 24.2 Å². The maximum absolute atomic E-state index is 11.7. The molecule has 2 N–H and O–H groups in total. The lowest BCUT2D eigenvalue weighted by Crippen LogP contribution is -2.29. The van der Waals surface area contributed by atoms with Gasteiger partial charge in [0.25, 0.3) is 0 Å². The monoisotopic (exact) mass is 347 g/mol. The second kappa shape index (κ2) is 5.86. The van der Waals surface area contributed by atoms with Gasteiger partial charge in [-0.2, -0.15) is 0 Å². The standard InChI is InChI=1S/C16H21N5O2S/c1-17-24(22,23)9-11-2-4-12(5-3-11)21-10-20-14-8-19-16-13(15(14)21)6-7-18-16/h6-8,10-12,17H,2-5,9H2,1H3,(H,18,19)/t11-,12-. The van der Waals surface area contributed by atoms with E-state index in [1.165, 1.54) is 7.05 Å². The van der Waals surface area contributed by atoms with Gasteiger partial charge in [-0.1, -0.05) is 0 Å². The van der Waals surface area contributed by atoms with E-state index in [4.69, 9.17) is 0 Å². The van der Waals surface area contributed by atoms with Crippen molar-refractivity contribution in [3.05, 3.63) is 24.8 Å². The van der Waals surface area contributed by atoms with Gasteiger partial charge in [-0.15, -0.1) is 0 Å². The molecular formula is C16H21N5O2S. The summed E-state index contributed by atoms with van der Waals surface area (Å²) in [6.07, 6.45) is 9.39. The van der Waals surface area contributed by atoms with Gasteiger partial charge in [0.15, 0.2) is 0 Å². The number of pyridine rings is 1. The smallest absolute Gasteiger partial charge is 0.211 e. The van der Waals surface area contributed by atoms with Crippen molar-refractivity contribution in [2.24, 2.45) is 5.92 Å². The predicted octanol–water partition coefficient (Wildman–Crippen LogP) is 2.19. The van der Waals surface area contributed by atoms with Gasteiger partial charge in [0.2, 0.25) is 10.0 Å². The number of nitrogens with zero attached hydrogens (tertiary/aromatic N) is 3. The fourth-order valence-corrected chi connectivity index (χ4v) is 4.91. The lowest BCUT2D eigenvalue weighted by molar-refractivity contribution is 0.294. The molecule has 128 valence electrons. The second-order valence-corrected chi connectivity index (χ2v) is 8.52. The van der Waals surface area contributed by atoms with E-state index in [0.717, 1.165) is 47.8 Å². The van der Waals surface area contributed by atoms with E-state index < -0.39 is 10.0 Å². The van der Waals surface area contributed by atoms with Crippen LogP contribution in [0.25, 0.3) is 22.1 Å². The molecule has 0 unspecified atom stereocenters. The minimum absolute atomic E-state index is 0.229. The fourth-order valence-electron chi connectivity index (χ4n) is 3.79. The number of imidazole rings is 1. The number of aromatic nitrogens is 4. The fraction of sp³-hybridized carbons (Fsp3) is 0.500. The molecule has 1 aliphatic rings. The Hall–Kier alpha value is -1.93. The first-order valence-corrected chi connectivity index (χ1v) is 9.92. The van der Waals surface area contributed by atoms with Crippen molar-refractivity contribution >= 4 is 32.1 Å². The van der Waals surface area contributed by atoms with Crippen molar-refractivity contribution in [3.63, 3.8) is 0 Å². The molecule has 0 saturated heterocycles. The van der Waals surface area contributed by atoms with Crippen LogP contribution in [-0.4, -0.2) is 40.7 Å². The van der Waals surface area contributed by atoms with E-state index in [2.05, 4.69) is 24.2 Å². The van der Waals surface area contributed by atoms with E-state index in [-0.39, 0.29) is 11.7 Å². The number of H-pyrrole nitrogens is 1. The van der Waals surface area contributed by atoms with E-state index in [1.54, 1.807) is 6.20 Å². The summed E-state index contributed by atoms with van der Waals surface area (Å²) in [7, 11) is -1.65. The molecule has 0 bridgehead atoms. The molecule has 1 saturated carbocycles. The minimum atomic E-state index is -3.13. The van der Waals surface area contributed by atoms with Crippen LogP contribution in [0.5, 0.6) is 0 Å². The molecule has 24 heavy (non-hydrogen) atoms. The summed E-state index contributed by atoms with van der Waals surface area (Å²) in [5.74, 6) is 0.467. The highest BCUT2D eigenvalue weighted by Gasteiger charge is 2.27. The Kier molecular flexibility index (Phi) is 3.80. The molecule has 3 heterocycles. The molecule has 3 aromatic heterocycles. The molecule has 0 amide bonds. The Balaban J connectivity index is 1.58. The highest BCUT2D eigenvalue weighted by atomic mass is 32.2. The third-order valence-electron chi connectivity index (χ3n) is 5.09. The number of nitrogens with one attached hydrogen (secondary N) is 2. The van der Waals surface area contributed by atoms with Gasteiger partial charge in [-0.05, 0) is 44.7 Å². The number of aromatic amines is 1. The van der Waals surface area contributed by atoms with Crippen LogP contribution < -0.4 is 4.72 Å². The Morgan fingerprint density at radius 3 is 2.83 bits per heavy atom. The summed E-state index contributed by atoms with van der Waals surface area (Å²) in [4.78, 5) is 12.0. The number of sulfonamides is 1. The Morgan fingerprint density at radius 1 is 1.29 bits per heavy atom. The molecule has 0 aromatic carbocycles. The van der Waals surface area contributed by atoms with Crippen molar-refractivity contribution < 1.29 is 8.42 Å². The number of hydrogen-bond acceptors (Lipinski definition) is 4. The first-order valence-electron chi connectivity index (χ1n) is 8.27. The summed E-state index contributed by atoms with van der Waals surface area (Å²) in [6, 6.07) is 2.40. The highest BCUT2D eigenvalue weighted by molar-refractivity contribution is 7.89. The van der Waals surface area contributed by atoms with E-state index >= 15 is 0 Å². The molecule has 0 radical (unpaired) electrons. The number of rotatable bonds is 4. The highest BCUT2D eigenvalue weighted by Crippen LogP contribution is 2.35. The Bertz CT molecular complexity index is 967. The summed E-state index contributed by atoms with van der Waals surface area (Å²) >= 11 is 0. The molecule has 1 fully saturated rings.